The van der Waals surface area contributed by atoms with E-state index in [1.807, 2.05) is 39.0 Å². The number of aliphatic imine (C=N–C) groups is 1. The molecule has 0 bridgehead atoms. The zero-order chi connectivity index (χ0) is 13.3. The third-order valence-electron chi connectivity index (χ3n) is 2.44. The fraction of sp³-hybridized carbons (Fsp3) is 0.533. The normalized spacial score (nSPS) is 12.6. The van der Waals surface area contributed by atoms with Crippen molar-refractivity contribution in [1.82, 2.24) is 0 Å². The third kappa shape index (κ3) is 4.88. The second-order valence-electron chi connectivity index (χ2n) is 6.40. The molecule has 1 rings (SSSR count). The van der Waals surface area contributed by atoms with E-state index in [0.717, 1.165) is 5.56 Å². The summed E-state index contributed by atoms with van der Waals surface area (Å²) in [4.78, 5) is 4.39. The van der Waals surface area contributed by atoms with E-state index in [4.69, 9.17) is 0 Å². The Bertz CT molecular complexity index is 425. The first-order valence-corrected chi connectivity index (χ1v) is 5.97. The SMILES string of the molecule is CC(C)(C)N=Cc1cccc(C(C)(C)C)c1[O-].[Li+]. The molecule has 3 heteroatoms. The Morgan fingerprint density at radius 1 is 1.06 bits per heavy atom. The maximum absolute atomic E-state index is 12.2. The van der Waals surface area contributed by atoms with Crippen LogP contribution in [0.3, 0.4) is 0 Å². The van der Waals surface area contributed by atoms with Gasteiger partial charge in [0.2, 0.25) is 0 Å². The van der Waals surface area contributed by atoms with Gasteiger partial charge in [0.1, 0.15) is 0 Å². The van der Waals surface area contributed by atoms with Crippen LogP contribution in [0.2, 0.25) is 0 Å². The molecule has 0 saturated carbocycles. The molecule has 0 radical (unpaired) electrons. The van der Waals surface area contributed by atoms with Crippen LogP contribution in [0.4, 0.5) is 0 Å². The van der Waals surface area contributed by atoms with E-state index >= 15 is 0 Å². The number of hydrogen-bond donors (Lipinski definition) is 0. The maximum atomic E-state index is 12.2. The molecule has 94 valence electrons. The van der Waals surface area contributed by atoms with Crippen molar-refractivity contribution < 1.29 is 24.0 Å². The summed E-state index contributed by atoms with van der Waals surface area (Å²) in [5.74, 6) is 0.0907. The fourth-order valence-corrected chi connectivity index (χ4v) is 1.51. The van der Waals surface area contributed by atoms with Crippen molar-refractivity contribution >= 4 is 6.21 Å². The molecule has 0 heterocycles. The van der Waals surface area contributed by atoms with Gasteiger partial charge in [0.05, 0.1) is 5.54 Å². The van der Waals surface area contributed by atoms with Crippen LogP contribution in [0.1, 0.15) is 52.7 Å². The van der Waals surface area contributed by atoms with E-state index in [1.54, 1.807) is 6.21 Å². The topological polar surface area (TPSA) is 35.4 Å². The number of nitrogens with zero attached hydrogens (tertiary/aromatic N) is 1. The molecule has 0 amide bonds. The summed E-state index contributed by atoms with van der Waals surface area (Å²) in [5, 5.41) is 12.2. The van der Waals surface area contributed by atoms with Gasteiger partial charge in [-0.2, -0.15) is 0 Å². The van der Waals surface area contributed by atoms with Gasteiger partial charge in [0, 0.05) is 6.21 Å². The molecular formula is C15H22LiNO. The quantitative estimate of drug-likeness (QED) is 0.512. The maximum Gasteiger partial charge on any atom is 1.00 e. The van der Waals surface area contributed by atoms with Crippen molar-refractivity contribution in [2.45, 2.75) is 52.5 Å². The zero-order valence-electron chi connectivity index (χ0n) is 12.7. The first-order chi connectivity index (χ1) is 7.61. The standard InChI is InChI=1S/C15H23NO.Li/c1-14(2,3)12-9-7-8-11(13(12)17)10-16-15(4,5)6;/h7-10,17H,1-6H3;/q;+1/p-1. The van der Waals surface area contributed by atoms with E-state index in [9.17, 15) is 5.11 Å². The second kappa shape index (κ2) is 5.95. The predicted octanol–water partition coefficient (Wildman–Crippen LogP) is 0.279. The average molecular weight is 239 g/mol. The summed E-state index contributed by atoms with van der Waals surface area (Å²) >= 11 is 0. The van der Waals surface area contributed by atoms with E-state index in [0.29, 0.717) is 5.56 Å². The van der Waals surface area contributed by atoms with Gasteiger partial charge in [-0.3, -0.25) is 4.99 Å². The minimum Gasteiger partial charge on any atom is -0.872 e. The van der Waals surface area contributed by atoms with Gasteiger partial charge < -0.3 is 5.11 Å². The Kier molecular flexibility index (Phi) is 5.72. The monoisotopic (exact) mass is 239 g/mol. The van der Waals surface area contributed by atoms with Crippen LogP contribution in [-0.4, -0.2) is 11.8 Å². The molecule has 0 aliphatic carbocycles. The molecule has 0 aromatic heterocycles. The number of hydrogen-bond acceptors (Lipinski definition) is 2. The van der Waals surface area contributed by atoms with Crippen molar-refractivity contribution in [2.75, 3.05) is 0 Å². The Balaban J connectivity index is 0.00000289. The number of benzene rings is 1. The molecule has 0 unspecified atom stereocenters. The molecular weight excluding hydrogens is 217 g/mol. The Morgan fingerprint density at radius 3 is 2.06 bits per heavy atom. The summed E-state index contributed by atoms with van der Waals surface area (Å²) in [6.45, 7) is 12.2. The van der Waals surface area contributed by atoms with Gasteiger partial charge in [0.25, 0.3) is 0 Å². The molecule has 0 N–H and O–H groups in total. The Labute approximate surface area is 123 Å². The van der Waals surface area contributed by atoms with E-state index in [2.05, 4.69) is 25.8 Å². The van der Waals surface area contributed by atoms with E-state index < -0.39 is 0 Å². The average Bonchev–Trinajstić information content (AvgIpc) is 2.13. The predicted molar refractivity (Wildman–Crippen MR) is 71.9 cm³/mol. The third-order valence-corrected chi connectivity index (χ3v) is 2.44. The van der Waals surface area contributed by atoms with Gasteiger partial charge in [-0.25, -0.2) is 0 Å². The molecule has 0 aliphatic rings. The van der Waals surface area contributed by atoms with Crippen LogP contribution >= 0.6 is 0 Å². The Morgan fingerprint density at radius 2 is 1.61 bits per heavy atom. The summed E-state index contributed by atoms with van der Waals surface area (Å²) in [7, 11) is 0. The van der Waals surface area contributed by atoms with Gasteiger partial charge in [-0.05, 0) is 37.3 Å². The minimum atomic E-state index is -0.149. The van der Waals surface area contributed by atoms with Crippen LogP contribution in [0.25, 0.3) is 0 Å². The van der Waals surface area contributed by atoms with Crippen LogP contribution in [0.15, 0.2) is 23.2 Å². The summed E-state index contributed by atoms with van der Waals surface area (Å²) in [5.41, 5.74) is 1.25. The van der Waals surface area contributed by atoms with Gasteiger partial charge in [-0.15, -0.1) is 0 Å². The summed E-state index contributed by atoms with van der Waals surface area (Å²) < 4.78 is 0. The largest absolute Gasteiger partial charge is 1.00 e. The van der Waals surface area contributed by atoms with Crippen LogP contribution < -0.4 is 24.0 Å². The molecule has 0 spiro atoms. The molecule has 0 aliphatic heterocycles. The van der Waals surface area contributed by atoms with Crippen molar-refractivity contribution in [1.29, 1.82) is 0 Å². The zero-order valence-corrected chi connectivity index (χ0v) is 12.7. The van der Waals surface area contributed by atoms with Crippen LogP contribution in [-0.2, 0) is 5.41 Å². The van der Waals surface area contributed by atoms with Crippen molar-refractivity contribution in [3.63, 3.8) is 0 Å². The molecule has 1 aromatic carbocycles. The van der Waals surface area contributed by atoms with Gasteiger partial charge in [-0.1, -0.05) is 44.7 Å². The van der Waals surface area contributed by atoms with Crippen LogP contribution in [0, 0.1) is 0 Å². The fourth-order valence-electron chi connectivity index (χ4n) is 1.51. The van der Waals surface area contributed by atoms with Crippen molar-refractivity contribution in [3.05, 3.63) is 29.3 Å². The molecule has 2 nitrogen and oxygen atoms in total. The smallest absolute Gasteiger partial charge is 0.872 e. The first kappa shape index (κ1) is 17.3. The molecule has 0 saturated heterocycles. The summed E-state index contributed by atoms with van der Waals surface area (Å²) in [6.07, 6.45) is 1.69. The molecule has 0 fully saturated rings. The van der Waals surface area contributed by atoms with E-state index in [-0.39, 0.29) is 35.6 Å². The minimum absolute atomic E-state index is 0. The van der Waals surface area contributed by atoms with Crippen molar-refractivity contribution in [2.24, 2.45) is 4.99 Å². The van der Waals surface area contributed by atoms with Gasteiger partial charge >= 0.3 is 18.9 Å². The van der Waals surface area contributed by atoms with Gasteiger partial charge in [0.15, 0.2) is 0 Å². The number of para-hydroxylation sites is 1. The van der Waals surface area contributed by atoms with Crippen LogP contribution in [0.5, 0.6) is 5.75 Å². The first-order valence-electron chi connectivity index (χ1n) is 5.97. The van der Waals surface area contributed by atoms with E-state index in [1.165, 1.54) is 0 Å². The Hall–Kier alpha value is -0.713. The molecule has 18 heavy (non-hydrogen) atoms. The molecule has 0 atom stereocenters. The second-order valence-corrected chi connectivity index (χ2v) is 6.40. The number of rotatable bonds is 1. The summed E-state index contributed by atoms with van der Waals surface area (Å²) in [6, 6.07) is 5.65. The van der Waals surface area contributed by atoms with Crippen molar-refractivity contribution in [3.8, 4) is 5.75 Å². The molecule has 1 aromatic rings.